The summed E-state index contributed by atoms with van der Waals surface area (Å²) < 4.78 is 25.7. The summed E-state index contributed by atoms with van der Waals surface area (Å²) in [4.78, 5) is 0. The minimum absolute atomic E-state index is 0.281. The maximum atomic E-state index is 6.54. The molecule has 1 saturated heterocycles. The van der Waals surface area contributed by atoms with Gasteiger partial charge in [-0.1, -0.05) is 121 Å². The van der Waals surface area contributed by atoms with Crippen molar-refractivity contribution >= 4 is 0 Å². The summed E-state index contributed by atoms with van der Waals surface area (Å²) in [7, 11) is 0. The molecule has 5 rings (SSSR count). The van der Waals surface area contributed by atoms with E-state index in [2.05, 4.69) is 53.8 Å². The molecule has 1 fully saturated rings. The van der Waals surface area contributed by atoms with Gasteiger partial charge in [-0.15, -0.1) is 0 Å². The third-order valence-electron chi connectivity index (χ3n) is 6.62. The Hall–Kier alpha value is -3.32. The summed E-state index contributed by atoms with van der Waals surface area (Å²) >= 11 is 0. The highest BCUT2D eigenvalue weighted by atomic mass is 16.6. The highest BCUT2D eigenvalue weighted by Crippen LogP contribution is 2.28. The molecule has 196 valence electrons. The molecule has 4 aromatic carbocycles. The van der Waals surface area contributed by atoms with Crippen molar-refractivity contribution in [2.75, 3.05) is 6.61 Å². The lowest BCUT2D eigenvalue weighted by molar-refractivity contribution is -0.0900. The fraction of sp³-hybridized carbons (Fsp3) is 0.273. The fourth-order valence-corrected chi connectivity index (χ4v) is 4.62. The van der Waals surface area contributed by atoms with Gasteiger partial charge in [-0.25, -0.2) is 0 Å². The van der Waals surface area contributed by atoms with Crippen LogP contribution < -0.4 is 5.32 Å². The van der Waals surface area contributed by atoms with E-state index in [4.69, 9.17) is 18.9 Å². The van der Waals surface area contributed by atoms with Gasteiger partial charge in [-0.3, -0.25) is 5.32 Å². The van der Waals surface area contributed by atoms with Crippen molar-refractivity contribution in [3.05, 3.63) is 144 Å². The highest BCUT2D eigenvalue weighted by molar-refractivity contribution is 5.16. The van der Waals surface area contributed by atoms with Crippen LogP contribution in [0.3, 0.4) is 0 Å². The third-order valence-corrected chi connectivity index (χ3v) is 6.62. The first-order valence-electron chi connectivity index (χ1n) is 13.2. The van der Waals surface area contributed by atoms with Gasteiger partial charge >= 0.3 is 0 Å². The van der Waals surface area contributed by atoms with Crippen LogP contribution >= 0.6 is 0 Å². The van der Waals surface area contributed by atoms with Gasteiger partial charge in [-0.05, 0) is 22.3 Å². The van der Waals surface area contributed by atoms with Crippen LogP contribution in [-0.2, 0) is 45.3 Å². The van der Waals surface area contributed by atoms with Crippen molar-refractivity contribution in [3.8, 4) is 0 Å². The monoisotopic (exact) mass is 509 g/mol. The summed E-state index contributed by atoms with van der Waals surface area (Å²) in [5.41, 5.74) is 4.53. The summed E-state index contributed by atoms with van der Waals surface area (Å²) in [5, 5.41) is 3.57. The second kappa shape index (κ2) is 14.0. The number of benzene rings is 4. The van der Waals surface area contributed by atoms with E-state index in [1.807, 2.05) is 72.8 Å². The standard InChI is InChI=1S/C33H35NO4/c1-5-13-26(14-6-1)21-34-33-32(37-24-29-19-11-4-12-20-29)31(36-23-28-17-9-3-10-18-28)30(38-33)25-35-22-27-15-7-2-8-16-27/h1-20,30-34H,21-25H2/t30-,31-,32+,33?/m0/s1. The lowest BCUT2D eigenvalue weighted by atomic mass is 10.1. The first kappa shape index (κ1) is 26.3. The fourth-order valence-electron chi connectivity index (χ4n) is 4.62. The van der Waals surface area contributed by atoms with Gasteiger partial charge in [0.1, 0.15) is 24.5 Å². The van der Waals surface area contributed by atoms with E-state index in [9.17, 15) is 0 Å². The molecule has 4 aromatic rings. The van der Waals surface area contributed by atoms with Gasteiger partial charge in [0.05, 0.1) is 26.4 Å². The quantitative estimate of drug-likeness (QED) is 0.244. The number of nitrogens with one attached hydrogen (secondary N) is 1. The largest absolute Gasteiger partial charge is 0.374 e. The van der Waals surface area contributed by atoms with Gasteiger partial charge in [0, 0.05) is 6.54 Å². The smallest absolute Gasteiger partial charge is 0.138 e. The lowest BCUT2D eigenvalue weighted by Crippen LogP contribution is -2.43. The Morgan fingerprint density at radius 2 is 0.974 bits per heavy atom. The van der Waals surface area contributed by atoms with Crippen LogP contribution in [-0.4, -0.2) is 31.1 Å². The lowest BCUT2D eigenvalue weighted by Gasteiger charge is -2.25. The molecule has 0 aliphatic carbocycles. The minimum atomic E-state index is -0.343. The maximum Gasteiger partial charge on any atom is 0.138 e. The Morgan fingerprint density at radius 3 is 1.50 bits per heavy atom. The normalized spacial score (nSPS) is 20.9. The van der Waals surface area contributed by atoms with Gasteiger partial charge < -0.3 is 18.9 Å². The number of rotatable bonds is 13. The molecule has 5 heteroatoms. The first-order valence-corrected chi connectivity index (χ1v) is 13.2. The molecule has 0 amide bonds. The Balaban J connectivity index is 1.31. The van der Waals surface area contributed by atoms with Crippen molar-refractivity contribution < 1.29 is 18.9 Å². The SMILES string of the molecule is c1ccc(CNC2O[C@@H](COCc3ccccc3)[C@H](OCc3ccccc3)[C@H]2OCc2ccccc2)cc1. The van der Waals surface area contributed by atoms with Crippen molar-refractivity contribution in [1.82, 2.24) is 5.32 Å². The Kier molecular flexibility index (Phi) is 9.69. The van der Waals surface area contributed by atoms with Gasteiger partial charge in [0.15, 0.2) is 0 Å². The van der Waals surface area contributed by atoms with E-state index in [1.165, 1.54) is 5.56 Å². The van der Waals surface area contributed by atoms with Gasteiger partial charge in [0.25, 0.3) is 0 Å². The maximum absolute atomic E-state index is 6.54. The molecule has 0 bridgehead atoms. The van der Waals surface area contributed by atoms with E-state index < -0.39 is 0 Å². The zero-order valence-electron chi connectivity index (χ0n) is 21.5. The topological polar surface area (TPSA) is 49.0 Å². The van der Waals surface area contributed by atoms with E-state index in [0.717, 1.165) is 16.7 Å². The van der Waals surface area contributed by atoms with Gasteiger partial charge in [-0.2, -0.15) is 0 Å². The van der Waals surface area contributed by atoms with E-state index in [-0.39, 0.29) is 24.5 Å². The molecular weight excluding hydrogens is 474 g/mol. The molecule has 0 aromatic heterocycles. The van der Waals surface area contributed by atoms with Crippen LogP contribution in [0.25, 0.3) is 0 Å². The van der Waals surface area contributed by atoms with Crippen LogP contribution in [0.4, 0.5) is 0 Å². The summed E-state index contributed by atoms with van der Waals surface area (Å²) in [6, 6.07) is 40.9. The van der Waals surface area contributed by atoms with Crippen molar-refractivity contribution in [1.29, 1.82) is 0 Å². The number of ether oxygens (including phenoxy) is 4. The molecule has 5 nitrogen and oxygen atoms in total. The zero-order chi connectivity index (χ0) is 25.8. The van der Waals surface area contributed by atoms with Crippen LogP contribution in [0.1, 0.15) is 22.3 Å². The molecule has 4 atom stereocenters. The predicted octanol–water partition coefficient (Wildman–Crippen LogP) is 5.89. The van der Waals surface area contributed by atoms with E-state index in [0.29, 0.717) is 33.0 Å². The molecule has 0 saturated carbocycles. The van der Waals surface area contributed by atoms with Crippen molar-refractivity contribution in [3.63, 3.8) is 0 Å². The molecule has 0 radical (unpaired) electrons. The summed E-state index contributed by atoms with van der Waals surface area (Å²) in [5.74, 6) is 0. The molecule has 38 heavy (non-hydrogen) atoms. The van der Waals surface area contributed by atoms with Crippen LogP contribution in [0, 0.1) is 0 Å². The average Bonchev–Trinajstić information content (AvgIpc) is 3.32. The molecule has 1 aliphatic rings. The van der Waals surface area contributed by atoms with Crippen molar-refractivity contribution in [2.45, 2.75) is 50.9 Å². The molecule has 1 heterocycles. The predicted molar refractivity (Wildman–Crippen MR) is 148 cm³/mol. The molecular formula is C33H35NO4. The van der Waals surface area contributed by atoms with Gasteiger partial charge in [0.2, 0.25) is 0 Å². The van der Waals surface area contributed by atoms with Crippen LogP contribution in [0.5, 0.6) is 0 Å². The molecule has 1 N–H and O–H groups in total. The highest BCUT2D eigenvalue weighted by Gasteiger charge is 2.46. The van der Waals surface area contributed by atoms with Crippen molar-refractivity contribution in [2.24, 2.45) is 0 Å². The number of hydrogen-bond acceptors (Lipinski definition) is 5. The average molecular weight is 510 g/mol. The molecule has 1 aliphatic heterocycles. The zero-order valence-corrected chi connectivity index (χ0v) is 21.5. The second-order valence-electron chi connectivity index (χ2n) is 9.48. The Morgan fingerprint density at radius 1 is 0.526 bits per heavy atom. The molecule has 0 spiro atoms. The summed E-state index contributed by atoms with van der Waals surface area (Å²) in [6.07, 6.45) is -1.24. The molecule has 1 unspecified atom stereocenters. The first-order chi connectivity index (χ1) is 18.8. The Bertz CT molecular complexity index is 1190. The van der Waals surface area contributed by atoms with Crippen LogP contribution in [0.15, 0.2) is 121 Å². The van der Waals surface area contributed by atoms with E-state index >= 15 is 0 Å². The second-order valence-corrected chi connectivity index (χ2v) is 9.48. The third kappa shape index (κ3) is 7.60. The number of hydrogen-bond donors (Lipinski definition) is 1. The van der Waals surface area contributed by atoms with E-state index in [1.54, 1.807) is 0 Å². The van der Waals surface area contributed by atoms with Crippen LogP contribution in [0.2, 0.25) is 0 Å². The minimum Gasteiger partial charge on any atom is -0.374 e. The Labute approximate surface area is 225 Å². The summed E-state index contributed by atoms with van der Waals surface area (Å²) in [6.45, 7) is 2.54.